The molecular formula is C16H22N2O4. The Hall–Kier alpha value is -2.37. The van der Waals surface area contributed by atoms with E-state index in [9.17, 15) is 14.4 Å². The maximum atomic E-state index is 12.3. The van der Waals surface area contributed by atoms with Crippen LogP contribution in [0.1, 0.15) is 48.4 Å². The predicted molar refractivity (Wildman–Crippen MR) is 82.9 cm³/mol. The number of amides is 2. The van der Waals surface area contributed by atoms with Gasteiger partial charge in [0.05, 0.1) is 0 Å². The molecule has 6 nitrogen and oxygen atoms in total. The summed E-state index contributed by atoms with van der Waals surface area (Å²) < 4.78 is 0. The third kappa shape index (κ3) is 4.87. The SMILES string of the molecule is CC(C)NC(=O)c1ccc(C(=O)N(CC(=O)O)C(C)C)cc1. The van der Waals surface area contributed by atoms with Crippen molar-refractivity contribution in [3.8, 4) is 0 Å². The number of nitrogens with zero attached hydrogens (tertiary/aromatic N) is 1. The van der Waals surface area contributed by atoms with Crippen LogP contribution in [0.3, 0.4) is 0 Å². The minimum absolute atomic E-state index is 0.0285. The highest BCUT2D eigenvalue weighted by atomic mass is 16.4. The number of benzene rings is 1. The summed E-state index contributed by atoms with van der Waals surface area (Å²) in [5.41, 5.74) is 0.815. The zero-order valence-electron chi connectivity index (χ0n) is 13.3. The minimum Gasteiger partial charge on any atom is -0.480 e. The molecule has 0 bridgehead atoms. The fourth-order valence-corrected chi connectivity index (χ4v) is 1.91. The monoisotopic (exact) mass is 306 g/mol. The van der Waals surface area contributed by atoms with E-state index in [-0.39, 0.29) is 30.4 Å². The van der Waals surface area contributed by atoms with Gasteiger partial charge < -0.3 is 15.3 Å². The molecule has 0 aliphatic rings. The molecule has 1 rings (SSSR count). The number of carbonyl (C=O) groups is 3. The number of hydrogen-bond acceptors (Lipinski definition) is 3. The molecule has 1 aromatic rings. The van der Waals surface area contributed by atoms with Crippen molar-refractivity contribution in [3.05, 3.63) is 35.4 Å². The van der Waals surface area contributed by atoms with Crippen LogP contribution in [0.4, 0.5) is 0 Å². The van der Waals surface area contributed by atoms with Crippen LogP contribution in [0.15, 0.2) is 24.3 Å². The summed E-state index contributed by atoms with van der Waals surface area (Å²) in [5.74, 6) is -1.64. The van der Waals surface area contributed by atoms with E-state index in [1.165, 1.54) is 17.0 Å². The highest BCUT2D eigenvalue weighted by Gasteiger charge is 2.21. The van der Waals surface area contributed by atoms with Gasteiger partial charge in [-0.2, -0.15) is 0 Å². The Morgan fingerprint density at radius 1 is 1.05 bits per heavy atom. The molecule has 0 atom stereocenters. The summed E-state index contributed by atoms with van der Waals surface area (Å²) in [6, 6.07) is 5.99. The molecule has 0 fully saturated rings. The second-order valence-electron chi connectivity index (χ2n) is 5.63. The van der Waals surface area contributed by atoms with Crippen molar-refractivity contribution in [1.82, 2.24) is 10.2 Å². The Morgan fingerprint density at radius 2 is 1.55 bits per heavy atom. The molecular weight excluding hydrogens is 284 g/mol. The van der Waals surface area contributed by atoms with Gasteiger partial charge >= 0.3 is 5.97 Å². The number of hydrogen-bond donors (Lipinski definition) is 2. The molecule has 22 heavy (non-hydrogen) atoms. The quantitative estimate of drug-likeness (QED) is 0.838. The van der Waals surface area contributed by atoms with Crippen molar-refractivity contribution in [2.75, 3.05) is 6.54 Å². The van der Waals surface area contributed by atoms with Crippen LogP contribution in [0.5, 0.6) is 0 Å². The molecule has 0 aliphatic carbocycles. The lowest BCUT2D eigenvalue weighted by Crippen LogP contribution is -2.40. The topological polar surface area (TPSA) is 86.7 Å². The van der Waals surface area contributed by atoms with Crippen molar-refractivity contribution in [1.29, 1.82) is 0 Å². The summed E-state index contributed by atoms with van der Waals surface area (Å²) in [7, 11) is 0. The maximum Gasteiger partial charge on any atom is 0.323 e. The smallest absolute Gasteiger partial charge is 0.323 e. The van der Waals surface area contributed by atoms with E-state index in [1.807, 2.05) is 13.8 Å². The van der Waals surface area contributed by atoms with Crippen LogP contribution in [-0.4, -0.2) is 46.4 Å². The molecule has 0 aromatic heterocycles. The number of carboxylic acids is 1. The van der Waals surface area contributed by atoms with Gasteiger partial charge in [-0.25, -0.2) is 0 Å². The Morgan fingerprint density at radius 3 is 1.95 bits per heavy atom. The molecule has 2 amide bonds. The van der Waals surface area contributed by atoms with Crippen LogP contribution < -0.4 is 5.32 Å². The van der Waals surface area contributed by atoms with Crippen molar-refractivity contribution in [2.24, 2.45) is 0 Å². The van der Waals surface area contributed by atoms with E-state index >= 15 is 0 Å². The fourth-order valence-electron chi connectivity index (χ4n) is 1.91. The van der Waals surface area contributed by atoms with Crippen molar-refractivity contribution >= 4 is 17.8 Å². The molecule has 0 aliphatic heterocycles. The predicted octanol–water partition coefficient (Wildman–Crippen LogP) is 1.76. The van der Waals surface area contributed by atoms with E-state index in [0.29, 0.717) is 11.1 Å². The summed E-state index contributed by atoms with van der Waals surface area (Å²) in [4.78, 5) is 36.3. The van der Waals surface area contributed by atoms with E-state index in [2.05, 4.69) is 5.32 Å². The van der Waals surface area contributed by atoms with Gasteiger partial charge in [0, 0.05) is 23.2 Å². The first-order valence-corrected chi connectivity index (χ1v) is 7.16. The van der Waals surface area contributed by atoms with Crippen molar-refractivity contribution in [2.45, 2.75) is 39.8 Å². The average Bonchev–Trinajstić information content (AvgIpc) is 2.43. The van der Waals surface area contributed by atoms with E-state index < -0.39 is 5.97 Å². The van der Waals surface area contributed by atoms with Crippen LogP contribution in [0.2, 0.25) is 0 Å². The maximum absolute atomic E-state index is 12.3. The number of carboxylic acid groups (broad SMARTS) is 1. The fraction of sp³-hybridized carbons (Fsp3) is 0.438. The first-order chi connectivity index (χ1) is 10.2. The Labute approximate surface area is 130 Å². The number of rotatable bonds is 6. The first kappa shape index (κ1) is 17.7. The highest BCUT2D eigenvalue weighted by Crippen LogP contribution is 2.10. The molecule has 0 saturated carbocycles. The zero-order valence-corrected chi connectivity index (χ0v) is 13.3. The molecule has 2 N–H and O–H groups in total. The zero-order chi connectivity index (χ0) is 16.9. The summed E-state index contributed by atoms with van der Waals surface area (Å²) in [6.45, 7) is 6.88. The van der Waals surface area contributed by atoms with Crippen LogP contribution in [-0.2, 0) is 4.79 Å². The molecule has 0 heterocycles. The Balaban J connectivity index is 2.90. The van der Waals surface area contributed by atoms with E-state index in [4.69, 9.17) is 5.11 Å². The van der Waals surface area contributed by atoms with Gasteiger partial charge in [-0.3, -0.25) is 14.4 Å². The second kappa shape index (κ2) is 7.59. The van der Waals surface area contributed by atoms with Gasteiger partial charge in [0.2, 0.25) is 0 Å². The molecule has 0 spiro atoms. The van der Waals surface area contributed by atoms with Gasteiger partial charge in [-0.1, -0.05) is 0 Å². The number of nitrogens with one attached hydrogen (secondary N) is 1. The Bertz CT molecular complexity index is 550. The first-order valence-electron chi connectivity index (χ1n) is 7.16. The van der Waals surface area contributed by atoms with Crippen molar-refractivity contribution < 1.29 is 19.5 Å². The standard InChI is InChI=1S/C16H22N2O4/c1-10(2)17-15(21)12-5-7-13(8-6-12)16(22)18(11(3)4)9-14(19)20/h5-8,10-11H,9H2,1-4H3,(H,17,21)(H,19,20). The normalized spacial score (nSPS) is 10.6. The molecule has 0 unspecified atom stereocenters. The second-order valence-corrected chi connectivity index (χ2v) is 5.63. The summed E-state index contributed by atoms with van der Waals surface area (Å²) in [5, 5.41) is 11.6. The summed E-state index contributed by atoms with van der Waals surface area (Å²) in [6.07, 6.45) is 0. The van der Waals surface area contributed by atoms with Gasteiger partial charge in [-0.05, 0) is 52.0 Å². The minimum atomic E-state index is -1.06. The third-order valence-corrected chi connectivity index (χ3v) is 3.00. The van der Waals surface area contributed by atoms with Gasteiger partial charge in [0.25, 0.3) is 11.8 Å². The lowest BCUT2D eigenvalue weighted by atomic mass is 10.1. The molecule has 1 aromatic carbocycles. The van der Waals surface area contributed by atoms with E-state index in [1.54, 1.807) is 26.0 Å². The van der Waals surface area contributed by atoms with Gasteiger partial charge in [0.1, 0.15) is 6.54 Å². The van der Waals surface area contributed by atoms with Crippen LogP contribution in [0, 0.1) is 0 Å². The largest absolute Gasteiger partial charge is 0.480 e. The number of carbonyl (C=O) groups excluding carboxylic acids is 2. The third-order valence-electron chi connectivity index (χ3n) is 3.00. The average molecular weight is 306 g/mol. The summed E-state index contributed by atoms with van der Waals surface area (Å²) >= 11 is 0. The van der Waals surface area contributed by atoms with E-state index in [0.717, 1.165) is 0 Å². The highest BCUT2D eigenvalue weighted by molar-refractivity contribution is 5.98. The molecule has 120 valence electrons. The molecule has 0 saturated heterocycles. The van der Waals surface area contributed by atoms with Crippen LogP contribution >= 0.6 is 0 Å². The molecule has 0 radical (unpaired) electrons. The van der Waals surface area contributed by atoms with Gasteiger partial charge in [0.15, 0.2) is 0 Å². The number of aliphatic carboxylic acids is 1. The lowest BCUT2D eigenvalue weighted by molar-refractivity contribution is -0.138. The molecule has 6 heteroatoms. The van der Waals surface area contributed by atoms with Gasteiger partial charge in [-0.15, -0.1) is 0 Å². The van der Waals surface area contributed by atoms with Crippen LogP contribution in [0.25, 0.3) is 0 Å². The lowest BCUT2D eigenvalue weighted by Gasteiger charge is -2.25. The van der Waals surface area contributed by atoms with Crippen molar-refractivity contribution in [3.63, 3.8) is 0 Å². The Kier molecular flexibility index (Phi) is 6.10.